The van der Waals surface area contributed by atoms with Gasteiger partial charge in [0.25, 0.3) is 5.91 Å². The monoisotopic (exact) mass is 478 g/mol. The van der Waals surface area contributed by atoms with E-state index in [1.165, 1.54) is 34.6 Å². The third-order valence-corrected chi connectivity index (χ3v) is 6.81. The van der Waals surface area contributed by atoms with Gasteiger partial charge in [0.2, 0.25) is 5.17 Å². The number of aryl methyl sites for hydroxylation is 1. The first-order chi connectivity index (χ1) is 15.5. The van der Waals surface area contributed by atoms with Crippen LogP contribution in [-0.4, -0.2) is 27.0 Å². The first-order valence-corrected chi connectivity index (χ1v) is 11.6. The molecule has 0 bridgehead atoms. The van der Waals surface area contributed by atoms with Crippen molar-refractivity contribution in [1.29, 1.82) is 5.41 Å². The molecule has 5 rings (SSSR count). The molecule has 0 fully saturated rings. The Hall–Kier alpha value is -3.07. The summed E-state index contributed by atoms with van der Waals surface area (Å²) in [6.07, 6.45) is 1.53. The molecule has 32 heavy (non-hydrogen) atoms. The molecule has 3 heterocycles. The van der Waals surface area contributed by atoms with Gasteiger partial charge in [-0.25, -0.2) is 0 Å². The number of fused-ring (bicyclic) bond motifs is 1. The number of rotatable bonds is 4. The molecular formula is C23H15ClN4O2S2. The number of carbonyl (C=O) groups is 1. The minimum atomic E-state index is -0.489. The van der Waals surface area contributed by atoms with E-state index in [1.54, 1.807) is 6.07 Å². The predicted octanol–water partition coefficient (Wildman–Crippen LogP) is 6.06. The average molecular weight is 479 g/mol. The van der Waals surface area contributed by atoms with Crippen molar-refractivity contribution in [3.8, 4) is 0 Å². The quantitative estimate of drug-likeness (QED) is 0.461. The highest BCUT2D eigenvalue weighted by molar-refractivity contribution is 8.27. The van der Waals surface area contributed by atoms with Gasteiger partial charge in [0.15, 0.2) is 10.9 Å². The second-order valence-corrected chi connectivity index (χ2v) is 9.47. The van der Waals surface area contributed by atoms with Gasteiger partial charge in [-0.3, -0.25) is 10.2 Å². The van der Waals surface area contributed by atoms with Gasteiger partial charge < -0.3 is 4.42 Å². The molecule has 0 aliphatic carbocycles. The molecule has 2 aliphatic heterocycles. The van der Waals surface area contributed by atoms with Crippen LogP contribution < -0.4 is 0 Å². The Morgan fingerprint density at radius 1 is 1.09 bits per heavy atom. The molecular weight excluding hydrogens is 464 g/mol. The molecule has 1 amide bonds. The molecule has 0 unspecified atom stereocenters. The summed E-state index contributed by atoms with van der Waals surface area (Å²) in [7, 11) is 0. The largest absolute Gasteiger partial charge is 0.450 e. The van der Waals surface area contributed by atoms with Crippen molar-refractivity contribution < 1.29 is 9.21 Å². The SMILES string of the molecule is Cc1ccc(C2=NN3C(=N)/C(=C\c4ccc(Sc5ccc(Cl)cc5)o4)C(=O)N=C3S2)cc1. The van der Waals surface area contributed by atoms with E-state index in [1.807, 2.05) is 61.5 Å². The lowest BCUT2D eigenvalue weighted by molar-refractivity contribution is -0.114. The van der Waals surface area contributed by atoms with Crippen LogP contribution >= 0.6 is 35.1 Å². The number of hydrogen-bond acceptors (Lipinski definition) is 6. The highest BCUT2D eigenvalue weighted by Gasteiger charge is 2.36. The summed E-state index contributed by atoms with van der Waals surface area (Å²) in [4.78, 5) is 17.7. The van der Waals surface area contributed by atoms with Gasteiger partial charge in [0, 0.05) is 15.5 Å². The zero-order valence-corrected chi connectivity index (χ0v) is 19.1. The number of amidine groups is 2. The van der Waals surface area contributed by atoms with E-state index in [9.17, 15) is 4.79 Å². The second kappa shape index (κ2) is 8.46. The summed E-state index contributed by atoms with van der Waals surface area (Å²) in [5.74, 6) is -0.0573. The van der Waals surface area contributed by atoms with Crippen molar-refractivity contribution in [3.05, 3.63) is 88.1 Å². The zero-order chi connectivity index (χ0) is 22.2. The van der Waals surface area contributed by atoms with Crippen LogP contribution in [0.15, 0.2) is 90.7 Å². The van der Waals surface area contributed by atoms with Crippen LogP contribution in [0.5, 0.6) is 0 Å². The van der Waals surface area contributed by atoms with Crippen molar-refractivity contribution in [3.63, 3.8) is 0 Å². The van der Waals surface area contributed by atoms with Crippen LogP contribution in [-0.2, 0) is 4.79 Å². The Labute approximate surface area is 197 Å². The smallest absolute Gasteiger partial charge is 0.283 e. The summed E-state index contributed by atoms with van der Waals surface area (Å²) in [5.41, 5.74) is 2.19. The molecule has 1 N–H and O–H groups in total. The fourth-order valence-electron chi connectivity index (χ4n) is 3.03. The summed E-state index contributed by atoms with van der Waals surface area (Å²) in [5, 5.41) is 16.8. The first-order valence-electron chi connectivity index (χ1n) is 9.57. The lowest BCUT2D eigenvalue weighted by Crippen LogP contribution is -2.35. The van der Waals surface area contributed by atoms with E-state index in [0.29, 0.717) is 26.1 Å². The molecule has 0 spiro atoms. The standard InChI is InChI=1S/C23H15ClN4O2S2/c1-13-2-4-14(5-3-13)22-27-28-20(25)18(21(29)26-23(28)32-22)12-16-8-11-19(30-16)31-17-9-6-15(24)7-10-17/h2-12,25H,1H3/b18-12+,25-20?. The van der Waals surface area contributed by atoms with E-state index in [4.69, 9.17) is 21.4 Å². The predicted molar refractivity (Wildman–Crippen MR) is 130 cm³/mol. The minimum Gasteiger partial charge on any atom is -0.450 e. The molecule has 6 nitrogen and oxygen atoms in total. The molecule has 9 heteroatoms. The van der Waals surface area contributed by atoms with Crippen molar-refractivity contribution in [2.24, 2.45) is 10.1 Å². The Morgan fingerprint density at radius 2 is 1.84 bits per heavy atom. The number of amides is 1. The molecule has 3 aromatic rings. The molecule has 0 saturated carbocycles. The van der Waals surface area contributed by atoms with E-state index in [-0.39, 0.29) is 11.4 Å². The Balaban J connectivity index is 1.38. The summed E-state index contributed by atoms with van der Waals surface area (Å²) in [6.45, 7) is 2.01. The number of benzene rings is 2. The zero-order valence-electron chi connectivity index (χ0n) is 16.7. The van der Waals surface area contributed by atoms with Gasteiger partial charge in [-0.05, 0) is 61.2 Å². The highest BCUT2D eigenvalue weighted by Crippen LogP contribution is 2.33. The van der Waals surface area contributed by atoms with E-state index in [2.05, 4.69) is 10.1 Å². The van der Waals surface area contributed by atoms with Crippen molar-refractivity contribution >= 4 is 63.2 Å². The summed E-state index contributed by atoms with van der Waals surface area (Å²) >= 11 is 8.64. The topological polar surface area (TPSA) is 82.0 Å². The van der Waals surface area contributed by atoms with Gasteiger partial charge >= 0.3 is 0 Å². The molecule has 2 aromatic carbocycles. The third-order valence-electron chi connectivity index (χ3n) is 4.67. The van der Waals surface area contributed by atoms with Crippen molar-refractivity contribution in [2.75, 3.05) is 0 Å². The summed E-state index contributed by atoms with van der Waals surface area (Å²) < 4.78 is 5.83. The lowest BCUT2D eigenvalue weighted by atomic mass is 10.1. The molecule has 2 aliphatic rings. The molecule has 158 valence electrons. The number of carbonyl (C=O) groups excluding carboxylic acids is 1. The fraction of sp³-hybridized carbons (Fsp3) is 0.0435. The van der Waals surface area contributed by atoms with Crippen LogP contribution in [0, 0.1) is 12.3 Å². The van der Waals surface area contributed by atoms with Crippen molar-refractivity contribution in [2.45, 2.75) is 16.9 Å². The van der Waals surface area contributed by atoms with Gasteiger partial charge in [0.05, 0.1) is 5.57 Å². The van der Waals surface area contributed by atoms with Crippen LogP contribution in [0.2, 0.25) is 5.02 Å². The highest BCUT2D eigenvalue weighted by atomic mass is 35.5. The third kappa shape index (κ3) is 4.17. The Bertz CT molecular complexity index is 1320. The van der Waals surface area contributed by atoms with E-state index < -0.39 is 5.91 Å². The number of nitrogens with zero attached hydrogens (tertiary/aromatic N) is 3. The molecule has 1 aromatic heterocycles. The van der Waals surface area contributed by atoms with Crippen molar-refractivity contribution in [1.82, 2.24) is 5.01 Å². The van der Waals surface area contributed by atoms with E-state index >= 15 is 0 Å². The number of aliphatic imine (C=N–C) groups is 1. The van der Waals surface area contributed by atoms with E-state index in [0.717, 1.165) is 16.0 Å². The number of halogens is 1. The first kappa shape index (κ1) is 20.8. The maximum absolute atomic E-state index is 12.6. The second-order valence-electron chi connectivity index (χ2n) is 7.00. The number of furan rings is 1. The minimum absolute atomic E-state index is 0.0297. The molecule has 0 radical (unpaired) electrons. The Morgan fingerprint density at radius 3 is 2.59 bits per heavy atom. The van der Waals surface area contributed by atoms with Gasteiger partial charge in [0.1, 0.15) is 10.8 Å². The maximum Gasteiger partial charge on any atom is 0.283 e. The number of thioether (sulfide) groups is 1. The van der Waals surface area contributed by atoms with Crippen LogP contribution in [0.4, 0.5) is 0 Å². The lowest BCUT2D eigenvalue weighted by Gasteiger charge is -2.19. The fourth-order valence-corrected chi connectivity index (χ4v) is 4.83. The summed E-state index contributed by atoms with van der Waals surface area (Å²) in [6, 6.07) is 18.9. The maximum atomic E-state index is 12.6. The van der Waals surface area contributed by atoms with Gasteiger partial charge in [-0.2, -0.15) is 15.1 Å². The number of nitrogens with one attached hydrogen (secondary N) is 1. The normalized spacial score (nSPS) is 16.9. The Kier molecular flexibility index (Phi) is 5.50. The average Bonchev–Trinajstić information content (AvgIpc) is 3.40. The van der Waals surface area contributed by atoms with Crippen LogP contribution in [0.25, 0.3) is 6.08 Å². The van der Waals surface area contributed by atoms with Crippen LogP contribution in [0.1, 0.15) is 16.9 Å². The molecule has 0 saturated heterocycles. The van der Waals surface area contributed by atoms with Gasteiger partial charge in [-0.1, -0.05) is 53.2 Å². The number of hydrazone groups is 1. The van der Waals surface area contributed by atoms with Crippen LogP contribution in [0.3, 0.4) is 0 Å². The number of hydrogen-bond donors (Lipinski definition) is 1. The van der Waals surface area contributed by atoms with Gasteiger partial charge in [-0.15, -0.1) is 0 Å². The molecule has 0 atom stereocenters.